The van der Waals surface area contributed by atoms with E-state index in [4.69, 9.17) is 11.6 Å². The molecule has 1 fully saturated rings. The molecule has 3 atom stereocenters. The van der Waals surface area contributed by atoms with Gasteiger partial charge in [0.1, 0.15) is 0 Å². The van der Waals surface area contributed by atoms with Gasteiger partial charge in [-0.3, -0.25) is 9.59 Å². The fourth-order valence-corrected chi connectivity index (χ4v) is 4.62. The van der Waals surface area contributed by atoms with E-state index < -0.39 is 0 Å². The monoisotopic (exact) mass is 422 g/mol. The molecule has 0 radical (unpaired) electrons. The lowest BCUT2D eigenvalue weighted by molar-refractivity contribution is 0.0892. The smallest absolute Gasteiger partial charge is 0.252 e. The lowest BCUT2D eigenvalue weighted by Crippen LogP contribution is -2.44. The molecule has 0 aliphatic heterocycles. The van der Waals surface area contributed by atoms with E-state index in [1.54, 1.807) is 4.57 Å². The van der Waals surface area contributed by atoms with Gasteiger partial charge in [0, 0.05) is 22.5 Å². The third-order valence-corrected chi connectivity index (χ3v) is 6.79. The zero-order chi connectivity index (χ0) is 21.3. The second kappa shape index (κ2) is 8.65. The van der Waals surface area contributed by atoms with E-state index in [-0.39, 0.29) is 17.5 Å². The molecule has 1 amide bonds. The highest BCUT2D eigenvalue weighted by molar-refractivity contribution is 6.30. The number of hydrogen-bond donors (Lipinski definition) is 1. The minimum atomic E-state index is -0.182. The van der Waals surface area contributed by atoms with Crippen molar-refractivity contribution in [2.45, 2.75) is 45.7 Å². The van der Waals surface area contributed by atoms with Crippen molar-refractivity contribution in [2.24, 2.45) is 11.8 Å². The molecule has 1 aliphatic carbocycles. The Hall–Kier alpha value is -2.59. The Bertz CT molecular complexity index is 1120. The van der Waals surface area contributed by atoms with Crippen molar-refractivity contribution in [3.05, 3.63) is 81.1 Å². The summed E-state index contributed by atoms with van der Waals surface area (Å²) >= 11 is 5.98. The number of nitrogens with one attached hydrogen (secondary N) is 1. The molecule has 1 aliphatic rings. The number of fused-ring (bicyclic) bond motifs is 1. The molecule has 3 aromatic rings. The van der Waals surface area contributed by atoms with Gasteiger partial charge < -0.3 is 9.88 Å². The van der Waals surface area contributed by atoms with Crippen molar-refractivity contribution in [3.8, 4) is 0 Å². The van der Waals surface area contributed by atoms with Crippen LogP contribution in [0.4, 0.5) is 0 Å². The highest BCUT2D eigenvalue weighted by Gasteiger charge is 2.29. The molecule has 1 saturated carbocycles. The SMILES string of the molecule is CC1CCCC(NC(=O)c2cc(=O)n(Cc3ccc(Cl)cc3)c3ccccc23)C1C. The Morgan fingerprint density at radius 1 is 1.10 bits per heavy atom. The minimum absolute atomic E-state index is 0.150. The molecular formula is C25H27ClN2O2. The number of carbonyl (C=O) groups is 1. The number of aromatic nitrogens is 1. The predicted molar refractivity (Wildman–Crippen MR) is 122 cm³/mol. The number of pyridine rings is 1. The second-order valence-corrected chi connectivity index (χ2v) is 8.91. The van der Waals surface area contributed by atoms with Crippen LogP contribution >= 0.6 is 11.6 Å². The Balaban J connectivity index is 1.69. The minimum Gasteiger partial charge on any atom is -0.349 e. The summed E-state index contributed by atoms with van der Waals surface area (Å²) in [6.07, 6.45) is 3.32. The highest BCUT2D eigenvalue weighted by Crippen LogP contribution is 2.30. The third-order valence-electron chi connectivity index (χ3n) is 6.54. The standard InChI is InChI=1S/C25H27ClN2O2/c1-16-6-5-8-22(17(16)2)27-25(30)21-14-24(29)28(23-9-4-3-7-20(21)23)15-18-10-12-19(26)13-11-18/h3-4,7,9-14,16-17,22H,5-6,8,15H2,1-2H3,(H,27,30). The number of nitrogens with zero attached hydrogens (tertiary/aromatic N) is 1. The van der Waals surface area contributed by atoms with E-state index in [9.17, 15) is 9.59 Å². The van der Waals surface area contributed by atoms with E-state index >= 15 is 0 Å². The normalized spacial score (nSPS) is 21.5. The van der Waals surface area contributed by atoms with Gasteiger partial charge in [0.25, 0.3) is 11.5 Å². The van der Waals surface area contributed by atoms with Crippen LogP contribution in [0.15, 0.2) is 59.4 Å². The number of hydrogen-bond acceptors (Lipinski definition) is 2. The molecule has 3 unspecified atom stereocenters. The van der Waals surface area contributed by atoms with Crippen molar-refractivity contribution >= 4 is 28.4 Å². The summed E-state index contributed by atoms with van der Waals surface area (Å²) in [7, 11) is 0. The van der Waals surface area contributed by atoms with E-state index in [2.05, 4.69) is 19.2 Å². The van der Waals surface area contributed by atoms with Crippen LogP contribution < -0.4 is 10.9 Å². The van der Waals surface area contributed by atoms with Crippen LogP contribution in [0.2, 0.25) is 5.02 Å². The number of halogens is 1. The Kier molecular flexibility index (Phi) is 5.96. The van der Waals surface area contributed by atoms with Gasteiger partial charge in [0.2, 0.25) is 0 Å². The van der Waals surface area contributed by atoms with Crippen LogP contribution in [0, 0.1) is 11.8 Å². The molecule has 156 valence electrons. The van der Waals surface area contributed by atoms with Crippen LogP contribution in [0.3, 0.4) is 0 Å². The molecule has 0 saturated heterocycles. The molecule has 30 heavy (non-hydrogen) atoms. The van der Waals surface area contributed by atoms with Crippen LogP contribution in [0.1, 0.15) is 49.0 Å². The topological polar surface area (TPSA) is 51.1 Å². The lowest BCUT2D eigenvalue weighted by Gasteiger charge is -2.34. The fraction of sp³-hybridized carbons (Fsp3) is 0.360. The zero-order valence-corrected chi connectivity index (χ0v) is 18.2. The van der Waals surface area contributed by atoms with E-state index in [1.807, 2.05) is 48.5 Å². The van der Waals surface area contributed by atoms with E-state index in [0.29, 0.717) is 29.0 Å². The van der Waals surface area contributed by atoms with Crippen molar-refractivity contribution in [2.75, 3.05) is 0 Å². The van der Waals surface area contributed by atoms with Crippen molar-refractivity contribution in [3.63, 3.8) is 0 Å². The largest absolute Gasteiger partial charge is 0.349 e. The zero-order valence-electron chi connectivity index (χ0n) is 17.4. The molecule has 0 bridgehead atoms. The summed E-state index contributed by atoms with van der Waals surface area (Å²) < 4.78 is 1.71. The highest BCUT2D eigenvalue weighted by atomic mass is 35.5. The van der Waals surface area contributed by atoms with Gasteiger partial charge in [0.15, 0.2) is 0 Å². The molecule has 1 aromatic heterocycles. The summed E-state index contributed by atoms with van der Waals surface area (Å²) in [6.45, 7) is 4.88. The molecule has 4 rings (SSSR count). The third kappa shape index (κ3) is 4.15. The Labute approximate surface area is 181 Å². The van der Waals surface area contributed by atoms with Gasteiger partial charge >= 0.3 is 0 Å². The maximum absolute atomic E-state index is 13.2. The molecule has 5 heteroatoms. The molecule has 1 N–H and O–H groups in total. The first-order chi connectivity index (χ1) is 14.4. The molecule has 0 spiro atoms. The molecule has 2 aromatic carbocycles. The number of benzene rings is 2. The maximum atomic E-state index is 13.2. The van der Waals surface area contributed by atoms with E-state index in [0.717, 1.165) is 29.3 Å². The molecular weight excluding hydrogens is 396 g/mol. The molecule has 4 nitrogen and oxygen atoms in total. The summed E-state index contributed by atoms with van der Waals surface area (Å²) in [4.78, 5) is 26.2. The fourth-order valence-electron chi connectivity index (χ4n) is 4.49. The Morgan fingerprint density at radius 2 is 1.83 bits per heavy atom. The summed E-state index contributed by atoms with van der Waals surface area (Å²) in [5.41, 5.74) is 2.01. The second-order valence-electron chi connectivity index (χ2n) is 8.47. The average Bonchev–Trinajstić information content (AvgIpc) is 2.74. The number of rotatable bonds is 4. The predicted octanol–water partition coefficient (Wildman–Crippen LogP) is 5.26. The molecule has 1 heterocycles. The lowest BCUT2D eigenvalue weighted by atomic mass is 9.78. The van der Waals surface area contributed by atoms with Crippen molar-refractivity contribution in [1.82, 2.24) is 9.88 Å². The number of carbonyl (C=O) groups excluding carboxylic acids is 1. The first-order valence-corrected chi connectivity index (χ1v) is 11.0. The van der Waals surface area contributed by atoms with Crippen LogP contribution in [0.5, 0.6) is 0 Å². The van der Waals surface area contributed by atoms with Gasteiger partial charge in [-0.15, -0.1) is 0 Å². The van der Waals surface area contributed by atoms with Gasteiger partial charge in [-0.25, -0.2) is 0 Å². The van der Waals surface area contributed by atoms with Crippen LogP contribution in [-0.4, -0.2) is 16.5 Å². The van der Waals surface area contributed by atoms with Crippen LogP contribution in [0.25, 0.3) is 10.9 Å². The number of amides is 1. The summed E-state index contributed by atoms with van der Waals surface area (Å²) in [6, 6.07) is 16.7. The van der Waals surface area contributed by atoms with Gasteiger partial charge in [-0.2, -0.15) is 0 Å². The maximum Gasteiger partial charge on any atom is 0.252 e. The average molecular weight is 423 g/mol. The summed E-state index contributed by atoms with van der Waals surface area (Å²) in [5.74, 6) is 0.861. The first kappa shape index (κ1) is 20.7. The summed E-state index contributed by atoms with van der Waals surface area (Å²) in [5, 5.41) is 4.66. The van der Waals surface area contributed by atoms with Gasteiger partial charge in [-0.05, 0) is 42.0 Å². The first-order valence-electron chi connectivity index (χ1n) is 10.6. The quantitative estimate of drug-likeness (QED) is 0.623. The Morgan fingerprint density at radius 3 is 2.60 bits per heavy atom. The number of para-hydroxylation sites is 1. The van der Waals surface area contributed by atoms with Crippen LogP contribution in [-0.2, 0) is 6.54 Å². The van der Waals surface area contributed by atoms with Gasteiger partial charge in [-0.1, -0.05) is 68.6 Å². The van der Waals surface area contributed by atoms with Gasteiger partial charge in [0.05, 0.1) is 17.6 Å². The van der Waals surface area contributed by atoms with Crippen molar-refractivity contribution in [1.29, 1.82) is 0 Å². The van der Waals surface area contributed by atoms with E-state index in [1.165, 1.54) is 12.5 Å². The van der Waals surface area contributed by atoms with Crippen molar-refractivity contribution < 1.29 is 4.79 Å².